The van der Waals surface area contributed by atoms with Gasteiger partial charge in [0.05, 0.1) is 6.20 Å². The predicted octanol–water partition coefficient (Wildman–Crippen LogP) is 5.68. The topological polar surface area (TPSA) is 26.0 Å². The van der Waals surface area contributed by atoms with Gasteiger partial charge in [0.2, 0.25) is 5.89 Å². The third-order valence-electron chi connectivity index (χ3n) is 3.78. The molecule has 23 heavy (non-hydrogen) atoms. The van der Waals surface area contributed by atoms with Crippen LogP contribution in [0.5, 0.6) is 0 Å². The minimum atomic E-state index is 0.640. The van der Waals surface area contributed by atoms with Gasteiger partial charge in [0.25, 0.3) is 0 Å². The molecule has 0 aliphatic heterocycles. The molecule has 0 aliphatic carbocycles. The van der Waals surface area contributed by atoms with Crippen molar-refractivity contribution in [2.75, 3.05) is 0 Å². The van der Waals surface area contributed by atoms with E-state index in [1.807, 2.05) is 60.7 Å². The fraction of sp³-hybridized carbons (Fsp3) is 0. The molecule has 0 unspecified atom stereocenters. The van der Waals surface area contributed by atoms with Crippen LogP contribution in [0.4, 0.5) is 0 Å². The van der Waals surface area contributed by atoms with Crippen LogP contribution < -0.4 is 0 Å². The van der Waals surface area contributed by atoms with E-state index in [0.29, 0.717) is 5.89 Å². The number of aromatic nitrogens is 1. The van der Waals surface area contributed by atoms with Crippen molar-refractivity contribution < 1.29 is 4.42 Å². The molecular weight excluding hydrogens is 282 g/mol. The third-order valence-corrected chi connectivity index (χ3v) is 3.78. The molecule has 0 spiro atoms. The van der Waals surface area contributed by atoms with Crippen molar-refractivity contribution in [3.63, 3.8) is 0 Å². The van der Waals surface area contributed by atoms with Crippen LogP contribution in [0, 0.1) is 0 Å². The van der Waals surface area contributed by atoms with Gasteiger partial charge in [-0.25, -0.2) is 4.98 Å². The van der Waals surface area contributed by atoms with Crippen molar-refractivity contribution >= 4 is 0 Å². The van der Waals surface area contributed by atoms with Gasteiger partial charge in [-0.15, -0.1) is 0 Å². The first-order valence-electron chi connectivity index (χ1n) is 7.57. The maximum absolute atomic E-state index is 5.94. The van der Waals surface area contributed by atoms with Crippen LogP contribution in [0.15, 0.2) is 95.5 Å². The summed E-state index contributed by atoms with van der Waals surface area (Å²) in [5.74, 6) is 1.42. The Hall–Kier alpha value is -3.13. The predicted molar refractivity (Wildman–Crippen MR) is 92.8 cm³/mol. The Morgan fingerprint density at radius 1 is 0.565 bits per heavy atom. The van der Waals surface area contributed by atoms with E-state index in [-0.39, 0.29) is 0 Å². The summed E-state index contributed by atoms with van der Waals surface area (Å²) in [6.45, 7) is 0. The SMILES string of the molecule is c1ccc(-c2cccc(-c3ncc(-c4ccccc4)o3)c2)cc1. The number of benzene rings is 3. The van der Waals surface area contributed by atoms with Crippen LogP contribution in [-0.2, 0) is 0 Å². The standard InChI is InChI=1S/C21H15NO/c1-3-8-16(9-4-1)18-12-7-13-19(14-18)21-22-15-20(23-21)17-10-5-2-6-11-17/h1-15H. The molecule has 0 atom stereocenters. The Morgan fingerprint density at radius 2 is 1.17 bits per heavy atom. The molecule has 1 heterocycles. The summed E-state index contributed by atoms with van der Waals surface area (Å²) < 4.78 is 5.94. The van der Waals surface area contributed by atoms with E-state index < -0.39 is 0 Å². The normalized spacial score (nSPS) is 10.6. The zero-order valence-corrected chi connectivity index (χ0v) is 12.5. The third kappa shape index (κ3) is 2.79. The van der Waals surface area contributed by atoms with Crippen LogP contribution >= 0.6 is 0 Å². The van der Waals surface area contributed by atoms with Gasteiger partial charge in [-0.05, 0) is 23.3 Å². The molecule has 0 aliphatic rings. The second-order valence-electron chi connectivity index (χ2n) is 5.34. The molecule has 2 heteroatoms. The molecule has 0 saturated carbocycles. The molecule has 0 N–H and O–H groups in total. The summed E-state index contributed by atoms with van der Waals surface area (Å²) >= 11 is 0. The first kappa shape index (κ1) is 13.5. The fourth-order valence-corrected chi connectivity index (χ4v) is 2.61. The highest BCUT2D eigenvalue weighted by atomic mass is 16.4. The van der Waals surface area contributed by atoms with Gasteiger partial charge in [0.15, 0.2) is 5.76 Å². The van der Waals surface area contributed by atoms with Crippen LogP contribution in [-0.4, -0.2) is 4.98 Å². The molecule has 4 aromatic rings. The Balaban J connectivity index is 1.71. The van der Waals surface area contributed by atoms with E-state index >= 15 is 0 Å². The number of oxazole rings is 1. The zero-order valence-electron chi connectivity index (χ0n) is 12.5. The Morgan fingerprint density at radius 3 is 1.91 bits per heavy atom. The monoisotopic (exact) mass is 297 g/mol. The molecular formula is C21H15NO. The summed E-state index contributed by atoms with van der Waals surface area (Å²) in [6, 6.07) is 28.6. The van der Waals surface area contributed by atoms with E-state index in [4.69, 9.17) is 4.42 Å². The lowest BCUT2D eigenvalue weighted by molar-refractivity contribution is 0.589. The molecule has 0 saturated heterocycles. The fourth-order valence-electron chi connectivity index (χ4n) is 2.61. The molecule has 110 valence electrons. The van der Waals surface area contributed by atoms with Crippen molar-refractivity contribution in [1.82, 2.24) is 4.98 Å². The lowest BCUT2D eigenvalue weighted by Gasteiger charge is -2.03. The smallest absolute Gasteiger partial charge is 0.226 e. The molecule has 0 bridgehead atoms. The van der Waals surface area contributed by atoms with Crippen LogP contribution in [0.2, 0.25) is 0 Å². The quantitative estimate of drug-likeness (QED) is 0.486. The Labute approximate surface area is 135 Å². The van der Waals surface area contributed by atoms with Gasteiger partial charge in [0, 0.05) is 11.1 Å². The highest BCUT2D eigenvalue weighted by molar-refractivity contribution is 5.70. The van der Waals surface area contributed by atoms with Gasteiger partial charge in [-0.3, -0.25) is 0 Å². The molecule has 0 amide bonds. The summed E-state index contributed by atoms with van der Waals surface area (Å²) in [5, 5.41) is 0. The van der Waals surface area contributed by atoms with Crippen molar-refractivity contribution in [1.29, 1.82) is 0 Å². The maximum Gasteiger partial charge on any atom is 0.226 e. The summed E-state index contributed by atoms with van der Waals surface area (Å²) in [6.07, 6.45) is 1.78. The van der Waals surface area contributed by atoms with Crippen LogP contribution in [0.3, 0.4) is 0 Å². The number of nitrogens with zero attached hydrogens (tertiary/aromatic N) is 1. The van der Waals surface area contributed by atoms with Crippen molar-refractivity contribution in [3.8, 4) is 33.9 Å². The molecule has 1 aromatic heterocycles. The zero-order chi connectivity index (χ0) is 15.5. The number of rotatable bonds is 3. The molecule has 4 rings (SSSR count). The molecule has 3 aromatic carbocycles. The molecule has 0 radical (unpaired) electrons. The van der Waals surface area contributed by atoms with Gasteiger partial charge in [-0.1, -0.05) is 72.8 Å². The molecule has 0 fully saturated rings. The highest BCUT2D eigenvalue weighted by Gasteiger charge is 2.09. The number of hydrogen-bond acceptors (Lipinski definition) is 2. The Bertz CT molecular complexity index is 911. The first-order chi connectivity index (χ1) is 11.4. The lowest BCUT2D eigenvalue weighted by Crippen LogP contribution is -1.80. The van der Waals surface area contributed by atoms with E-state index in [2.05, 4.69) is 29.2 Å². The summed E-state index contributed by atoms with van der Waals surface area (Å²) in [5.41, 5.74) is 4.35. The minimum absolute atomic E-state index is 0.640. The lowest BCUT2D eigenvalue weighted by atomic mass is 10.0. The van der Waals surface area contributed by atoms with E-state index in [1.165, 1.54) is 5.56 Å². The average Bonchev–Trinajstić information content (AvgIpc) is 3.14. The maximum atomic E-state index is 5.94. The average molecular weight is 297 g/mol. The van der Waals surface area contributed by atoms with Crippen LogP contribution in [0.25, 0.3) is 33.9 Å². The van der Waals surface area contributed by atoms with Gasteiger partial charge in [0.1, 0.15) is 0 Å². The second-order valence-corrected chi connectivity index (χ2v) is 5.34. The van der Waals surface area contributed by atoms with E-state index in [1.54, 1.807) is 6.20 Å². The highest BCUT2D eigenvalue weighted by Crippen LogP contribution is 2.28. The number of hydrogen-bond donors (Lipinski definition) is 0. The van der Waals surface area contributed by atoms with Gasteiger partial charge < -0.3 is 4.42 Å². The van der Waals surface area contributed by atoms with E-state index in [9.17, 15) is 0 Å². The summed E-state index contributed by atoms with van der Waals surface area (Å²) in [4.78, 5) is 4.43. The minimum Gasteiger partial charge on any atom is -0.436 e. The largest absolute Gasteiger partial charge is 0.436 e. The Kier molecular flexibility index (Phi) is 3.49. The van der Waals surface area contributed by atoms with Gasteiger partial charge in [-0.2, -0.15) is 0 Å². The van der Waals surface area contributed by atoms with Crippen molar-refractivity contribution in [3.05, 3.63) is 91.1 Å². The van der Waals surface area contributed by atoms with Crippen molar-refractivity contribution in [2.24, 2.45) is 0 Å². The van der Waals surface area contributed by atoms with Crippen LogP contribution in [0.1, 0.15) is 0 Å². The van der Waals surface area contributed by atoms with Crippen molar-refractivity contribution in [2.45, 2.75) is 0 Å². The first-order valence-corrected chi connectivity index (χ1v) is 7.57. The second kappa shape index (κ2) is 5.93. The molecule has 2 nitrogen and oxygen atoms in total. The van der Waals surface area contributed by atoms with Gasteiger partial charge >= 0.3 is 0 Å². The summed E-state index contributed by atoms with van der Waals surface area (Å²) in [7, 11) is 0. The van der Waals surface area contributed by atoms with E-state index in [0.717, 1.165) is 22.5 Å².